The molecule has 23 heavy (non-hydrogen) atoms. The van der Waals surface area contributed by atoms with Crippen LogP contribution in [0.2, 0.25) is 0 Å². The summed E-state index contributed by atoms with van der Waals surface area (Å²) in [6.07, 6.45) is 0.419. The van der Waals surface area contributed by atoms with Crippen molar-refractivity contribution in [2.24, 2.45) is 0 Å². The van der Waals surface area contributed by atoms with Crippen LogP contribution in [-0.4, -0.2) is 44.4 Å². The van der Waals surface area contributed by atoms with Gasteiger partial charge in [-0.1, -0.05) is 6.07 Å². The van der Waals surface area contributed by atoms with E-state index in [0.717, 1.165) is 11.1 Å². The molecule has 2 rings (SSSR count). The van der Waals surface area contributed by atoms with Crippen molar-refractivity contribution in [1.29, 1.82) is 0 Å². The Balaban J connectivity index is 1.76. The number of rotatable bonds is 4. The smallest absolute Gasteiger partial charge is 0.319 e. The average molecular weight is 339 g/mol. The van der Waals surface area contributed by atoms with Crippen molar-refractivity contribution < 1.29 is 18.0 Å². The van der Waals surface area contributed by atoms with E-state index < -0.39 is 21.8 Å². The summed E-state index contributed by atoms with van der Waals surface area (Å²) < 4.78 is 22.6. The first-order valence-corrected chi connectivity index (χ1v) is 9.18. The van der Waals surface area contributed by atoms with Crippen molar-refractivity contribution in [3.8, 4) is 0 Å². The van der Waals surface area contributed by atoms with Gasteiger partial charge in [-0.15, -0.1) is 0 Å². The molecule has 1 fully saturated rings. The minimum atomic E-state index is -3.04. The molecule has 0 bridgehead atoms. The molecule has 1 aromatic rings. The molecule has 0 spiro atoms. The minimum absolute atomic E-state index is 0.0342. The van der Waals surface area contributed by atoms with Crippen LogP contribution in [0.1, 0.15) is 17.5 Å². The summed E-state index contributed by atoms with van der Waals surface area (Å²) in [6, 6.07) is 4.80. The molecule has 0 saturated carbocycles. The maximum atomic E-state index is 11.8. The van der Waals surface area contributed by atoms with Crippen LogP contribution in [0, 0.1) is 13.8 Å². The van der Waals surface area contributed by atoms with E-state index in [9.17, 15) is 18.0 Å². The van der Waals surface area contributed by atoms with Gasteiger partial charge in [0.05, 0.1) is 18.1 Å². The van der Waals surface area contributed by atoms with Gasteiger partial charge in [-0.05, 0) is 43.5 Å². The van der Waals surface area contributed by atoms with Crippen LogP contribution in [0.4, 0.5) is 10.5 Å². The van der Waals surface area contributed by atoms with Crippen LogP contribution in [0.25, 0.3) is 0 Å². The number of hydrogen-bond donors (Lipinski definition) is 3. The van der Waals surface area contributed by atoms with E-state index in [0.29, 0.717) is 12.1 Å². The van der Waals surface area contributed by atoms with Gasteiger partial charge in [-0.3, -0.25) is 4.79 Å². The molecule has 1 heterocycles. The zero-order valence-corrected chi connectivity index (χ0v) is 14.0. The molecule has 126 valence electrons. The number of carbonyl (C=O) groups excluding carboxylic acids is 2. The normalized spacial score (nSPS) is 19.1. The van der Waals surface area contributed by atoms with Crippen LogP contribution in [0.5, 0.6) is 0 Å². The van der Waals surface area contributed by atoms with Crippen molar-refractivity contribution >= 4 is 27.5 Å². The summed E-state index contributed by atoms with van der Waals surface area (Å²) in [7, 11) is -3.04. The molecule has 3 amide bonds. The highest BCUT2D eigenvalue weighted by molar-refractivity contribution is 7.91. The third-order valence-electron chi connectivity index (χ3n) is 3.49. The molecule has 0 radical (unpaired) electrons. The molecule has 8 heteroatoms. The number of aryl methyl sites for hydroxylation is 2. The Morgan fingerprint density at radius 1 is 1.17 bits per heavy atom. The standard InChI is InChI=1S/C15H21N3O4S/c1-10-5-11(2)7-13(6-10)18-15(20)16-8-14(19)17-12-3-4-23(21,22)9-12/h5-7,12H,3-4,8-9H2,1-2H3,(H,17,19)(H2,16,18,20). The number of urea groups is 1. The molecule has 1 saturated heterocycles. The first kappa shape index (κ1) is 17.3. The lowest BCUT2D eigenvalue weighted by Gasteiger charge is -2.12. The Labute approximate surface area is 135 Å². The lowest BCUT2D eigenvalue weighted by Crippen LogP contribution is -2.43. The first-order valence-electron chi connectivity index (χ1n) is 7.36. The zero-order valence-electron chi connectivity index (χ0n) is 13.2. The van der Waals surface area contributed by atoms with Crippen LogP contribution < -0.4 is 16.0 Å². The second-order valence-electron chi connectivity index (χ2n) is 5.85. The largest absolute Gasteiger partial charge is 0.351 e. The van der Waals surface area contributed by atoms with Gasteiger partial charge < -0.3 is 16.0 Å². The fourth-order valence-corrected chi connectivity index (χ4v) is 4.24. The first-order chi connectivity index (χ1) is 10.7. The highest BCUT2D eigenvalue weighted by Crippen LogP contribution is 2.13. The monoisotopic (exact) mass is 339 g/mol. The molecule has 0 aliphatic carbocycles. The Morgan fingerprint density at radius 3 is 2.39 bits per heavy atom. The fraction of sp³-hybridized carbons (Fsp3) is 0.467. The highest BCUT2D eigenvalue weighted by atomic mass is 32.2. The second-order valence-corrected chi connectivity index (χ2v) is 8.08. The van der Waals surface area contributed by atoms with Crippen LogP contribution in [0.15, 0.2) is 18.2 Å². The van der Waals surface area contributed by atoms with Crippen molar-refractivity contribution in [3.05, 3.63) is 29.3 Å². The van der Waals surface area contributed by atoms with E-state index in [-0.39, 0.29) is 24.1 Å². The average Bonchev–Trinajstić information content (AvgIpc) is 2.74. The number of anilines is 1. The molecule has 3 N–H and O–H groups in total. The van der Waals surface area contributed by atoms with E-state index >= 15 is 0 Å². The highest BCUT2D eigenvalue weighted by Gasteiger charge is 2.28. The van der Waals surface area contributed by atoms with Crippen LogP contribution in [0.3, 0.4) is 0 Å². The fourth-order valence-electron chi connectivity index (χ4n) is 2.57. The maximum absolute atomic E-state index is 11.8. The summed E-state index contributed by atoms with van der Waals surface area (Å²) in [4.78, 5) is 23.5. The molecular weight excluding hydrogens is 318 g/mol. The van der Waals surface area contributed by atoms with Gasteiger partial charge in [0.15, 0.2) is 9.84 Å². The Kier molecular flexibility index (Phi) is 5.25. The van der Waals surface area contributed by atoms with E-state index in [1.54, 1.807) is 0 Å². The Hall–Kier alpha value is -2.09. The SMILES string of the molecule is Cc1cc(C)cc(NC(=O)NCC(=O)NC2CCS(=O)(=O)C2)c1. The molecule has 1 aromatic carbocycles. The predicted molar refractivity (Wildman–Crippen MR) is 88.1 cm³/mol. The van der Waals surface area contributed by atoms with Crippen LogP contribution in [-0.2, 0) is 14.6 Å². The number of nitrogens with one attached hydrogen (secondary N) is 3. The van der Waals surface area contributed by atoms with Crippen molar-refractivity contribution in [2.45, 2.75) is 26.3 Å². The number of carbonyl (C=O) groups is 2. The molecule has 7 nitrogen and oxygen atoms in total. The van der Waals surface area contributed by atoms with Gasteiger partial charge in [0.1, 0.15) is 0 Å². The van der Waals surface area contributed by atoms with Gasteiger partial charge in [0.25, 0.3) is 0 Å². The molecule has 1 unspecified atom stereocenters. The second kappa shape index (κ2) is 6.99. The molecule has 1 atom stereocenters. The Bertz CT molecular complexity index is 695. The lowest BCUT2D eigenvalue weighted by molar-refractivity contribution is -0.120. The molecule has 1 aliphatic rings. The van der Waals surface area contributed by atoms with Gasteiger partial charge in [-0.25, -0.2) is 13.2 Å². The third-order valence-corrected chi connectivity index (χ3v) is 5.25. The van der Waals surface area contributed by atoms with Crippen molar-refractivity contribution in [3.63, 3.8) is 0 Å². The molecule has 0 aromatic heterocycles. The summed E-state index contributed by atoms with van der Waals surface area (Å²) in [6.45, 7) is 3.66. The van der Waals surface area contributed by atoms with E-state index in [4.69, 9.17) is 0 Å². The van der Waals surface area contributed by atoms with E-state index in [2.05, 4.69) is 16.0 Å². The number of hydrogen-bond acceptors (Lipinski definition) is 4. The topological polar surface area (TPSA) is 104 Å². The Morgan fingerprint density at radius 2 is 1.83 bits per heavy atom. The molecular formula is C15H21N3O4S. The van der Waals surface area contributed by atoms with Gasteiger partial charge >= 0.3 is 6.03 Å². The number of benzene rings is 1. The summed E-state index contributed by atoms with van der Waals surface area (Å²) >= 11 is 0. The van der Waals surface area contributed by atoms with Crippen LogP contribution >= 0.6 is 0 Å². The third kappa shape index (κ3) is 5.55. The van der Waals surface area contributed by atoms with Gasteiger partial charge in [0, 0.05) is 11.7 Å². The molecule has 1 aliphatic heterocycles. The van der Waals surface area contributed by atoms with Gasteiger partial charge in [0.2, 0.25) is 5.91 Å². The minimum Gasteiger partial charge on any atom is -0.351 e. The summed E-state index contributed by atoms with van der Waals surface area (Å²) in [5.74, 6) is -0.339. The summed E-state index contributed by atoms with van der Waals surface area (Å²) in [5, 5.41) is 7.72. The zero-order chi connectivity index (χ0) is 17.0. The van der Waals surface area contributed by atoms with Crippen molar-refractivity contribution in [1.82, 2.24) is 10.6 Å². The quantitative estimate of drug-likeness (QED) is 0.752. The van der Waals surface area contributed by atoms with Gasteiger partial charge in [-0.2, -0.15) is 0 Å². The predicted octanol–water partition coefficient (Wildman–Crippen LogP) is 0.728. The number of amides is 3. The summed E-state index contributed by atoms with van der Waals surface area (Å²) in [5.41, 5.74) is 2.71. The van der Waals surface area contributed by atoms with E-state index in [1.165, 1.54) is 0 Å². The number of sulfone groups is 1. The maximum Gasteiger partial charge on any atom is 0.319 e. The van der Waals surface area contributed by atoms with Crippen molar-refractivity contribution in [2.75, 3.05) is 23.4 Å². The van der Waals surface area contributed by atoms with E-state index in [1.807, 2.05) is 32.0 Å². The lowest BCUT2D eigenvalue weighted by atomic mass is 10.1.